The number of guanidine groups is 1. The molecule has 0 aliphatic heterocycles. The zero-order valence-electron chi connectivity index (χ0n) is 15.2. The molecule has 1 heterocycles. The molecule has 0 radical (unpaired) electrons. The minimum atomic E-state index is 0.190. The van der Waals surface area contributed by atoms with E-state index in [0.717, 1.165) is 50.7 Å². The number of rotatable bonds is 10. The Morgan fingerprint density at radius 2 is 2.00 bits per heavy atom. The van der Waals surface area contributed by atoms with Gasteiger partial charge in [0.25, 0.3) is 0 Å². The number of methoxy groups -OCH3 is 1. The summed E-state index contributed by atoms with van der Waals surface area (Å²) in [4.78, 5) is 4.69. The van der Waals surface area contributed by atoms with Crippen LogP contribution in [-0.2, 0) is 11.2 Å². The molecule has 0 amide bonds. The summed E-state index contributed by atoms with van der Waals surface area (Å²) in [6.45, 7) is 4.48. The Kier molecular flexibility index (Phi) is 8.63. The number of nitrogens with one attached hydrogen (secondary N) is 2. The SMILES string of the molecule is COCCCCN=C(NCCc1ccco1)NC(C)c1ccccc1. The highest BCUT2D eigenvalue weighted by atomic mass is 16.5. The number of aliphatic imine (C=N–C) groups is 1. The van der Waals surface area contributed by atoms with Gasteiger partial charge in [-0.25, -0.2) is 0 Å². The lowest BCUT2D eigenvalue weighted by Crippen LogP contribution is -2.39. The van der Waals surface area contributed by atoms with Crippen molar-refractivity contribution in [3.05, 3.63) is 60.1 Å². The number of unbranched alkanes of at least 4 members (excludes halogenated alkanes) is 1. The van der Waals surface area contributed by atoms with Crippen LogP contribution in [0.15, 0.2) is 58.1 Å². The van der Waals surface area contributed by atoms with Crippen LogP contribution in [-0.4, -0.2) is 32.8 Å². The standard InChI is InChI=1S/C20H29N3O2/c1-17(18-9-4-3-5-10-18)23-20(21-13-6-7-15-24-2)22-14-12-19-11-8-16-25-19/h3-5,8-11,16-17H,6-7,12-15H2,1-2H3,(H2,21,22,23). The van der Waals surface area contributed by atoms with E-state index in [1.807, 2.05) is 18.2 Å². The van der Waals surface area contributed by atoms with Gasteiger partial charge in [0, 0.05) is 33.2 Å². The van der Waals surface area contributed by atoms with Gasteiger partial charge in [0.15, 0.2) is 5.96 Å². The second-order valence-corrected chi connectivity index (χ2v) is 5.96. The lowest BCUT2D eigenvalue weighted by Gasteiger charge is -2.18. The third-order valence-electron chi connectivity index (χ3n) is 3.92. The quantitative estimate of drug-likeness (QED) is 0.393. The van der Waals surface area contributed by atoms with Crippen molar-refractivity contribution < 1.29 is 9.15 Å². The molecule has 0 aliphatic carbocycles. The fourth-order valence-corrected chi connectivity index (χ4v) is 2.49. The Morgan fingerprint density at radius 1 is 1.16 bits per heavy atom. The summed E-state index contributed by atoms with van der Waals surface area (Å²) < 4.78 is 10.5. The first kappa shape index (κ1) is 19.1. The van der Waals surface area contributed by atoms with Crippen LogP contribution in [0.1, 0.15) is 37.1 Å². The number of nitrogens with zero attached hydrogens (tertiary/aromatic N) is 1. The molecule has 0 saturated carbocycles. The summed E-state index contributed by atoms with van der Waals surface area (Å²) in [5.74, 6) is 1.81. The predicted octanol–water partition coefficient (Wildman–Crippen LogP) is 3.55. The molecule has 0 saturated heterocycles. The average Bonchev–Trinajstić information content (AvgIpc) is 3.15. The molecule has 0 fully saturated rings. The van der Waals surface area contributed by atoms with Crippen molar-refractivity contribution >= 4 is 5.96 Å². The number of hydrogen-bond acceptors (Lipinski definition) is 3. The van der Waals surface area contributed by atoms with Crippen LogP contribution in [0, 0.1) is 0 Å². The highest BCUT2D eigenvalue weighted by Gasteiger charge is 2.07. The lowest BCUT2D eigenvalue weighted by atomic mass is 10.1. The first-order chi connectivity index (χ1) is 12.3. The normalized spacial score (nSPS) is 12.8. The average molecular weight is 343 g/mol. The van der Waals surface area contributed by atoms with Crippen LogP contribution < -0.4 is 10.6 Å². The fraction of sp³-hybridized carbons (Fsp3) is 0.450. The third kappa shape index (κ3) is 7.44. The molecule has 25 heavy (non-hydrogen) atoms. The molecular weight excluding hydrogens is 314 g/mol. The van der Waals surface area contributed by atoms with E-state index in [-0.39, 0.29) is 6.04 Å². The summed E-state index contributed by atoms with van der Waals surface area (Å²) in [5, 5.41) is 6.88. The van der Waals surface area contributed by atoms with Crippen LogP contribution in [0.5, 0.6) is 0 Å². The van der Waals surface area contributed by atoms with E-state index < -0.39 is 0 Å². The topological polar surface area (TPSA) is 58.8 Å². The van der Waals surface area contributed by atoms with Gasteiger partial charge in [0.2, 0.25) is 0 Å². The predicted molar refractivity (Wildman–Crippen MR) is 102 cm³/mol. The Balaban J connectivity index is 1.87. The van der Waals surface area contributed by atoms with Crippen LogP contribution in [0.3, 0.4) is 0 Å². The van der Waals surface area contributed by atoms with E-state index in [9.17, 15) is 0 Å². The zero-order valence-corrected chi connectivity index (χ0v) is 15.2. The van der Waals surface area contributed by atoms with E-state index in [0.29, 0.717) is 0 Å². The largest absolute Gasteiger partial charge is 0.469 e. The highest BCUT2D eigenvalue weighted by molar-refractivity contribution is 5.80. The van der Waals surface area contributed by atoms with E-state index >= 15 is 0 Å². The van der Waals surface area contributed by atoms with Crippen molar-refractivity contribution in [2.24, 2.45) is 4.99 Å². The molecule has 5 heteroatoms. The van der Waals surface area contributed by atoms with Gasteiger partial charge < -0.3 is 19.8 Å². The van der Waals surface area contributed by atoms with Crippen LogP contribution in [0.25, 0.3) is 0 Å². The van der Waals surface area contributed by atoms with Crippen LogP contribution >= 0.6 is 0 Å². The molecule has 2 N–H and O–H groups in total. The molecular formula is C20H29N3O2. The maximum atomic E-state index is 5.38. The molecule has 1 unspecified atom stereocenters. The van der Waals surface area contributed by atoms with Crippen molar-refractivity contribution in [1.82, 2.24) is 10.6 Å². The zero-order chi connectivity index (χ0) is 17.7. The Bertz CT molecular complexity index is 597. The van der Waals surface area contributed by atoms with Gasteiger partial charge in [-0.1, -0.05) is 30.3 Å². The number of furan rings is 1. The molecule has 0 spiro atoms. The summed E-state index contributed by atoms with van der Waals surface area (Å²) in [5.41, 5.74) is 1.24. The van der Waals surface area contributed by atoms with Gasteiger partial charge >= 0.3 is 0 Å². The molecule has 5 nitrogen and oxygen atoms in total. The van der Waals surface area contributed by atoms with Gasteiger partial charge in [-0.05, 0) is 37.5 Å². The van der Waals surface area contributed by atoms with E-state index in [4.69, 9.17) is 9.15 Å². The van der Waals surface area contributed by atoms with Gasteiger partial charge in [-0.2, -0.15) is 0 Å². The van der Waals surface area contributed by atoms with Crippen molar-refractivity contribution in [3.8, 4) is 0 Å². The molecule has 1 aromatic heterocycles. The fourth-order valence-electron chi connectivity index (χ4n) is 2.49. The van der Waals surface area contributed by atoms with Gasteiger partial charge in [0.05, 0.1) is 12.3 Å². The molecule has 1 aromatic carbocycles. The molecule has 2 rings (SSSR count). The smallest absolute Gasteiger partial charge is 0.191 e. The van der Waals surface area contributed by atoms with E-state index in [2.05, 4.69) is 46.8 Å². The number of benzene rings is 1. The summed E-state index contributed by atoms with van der Waals surface area (Å²) in [6.07, 6.45) is 4.57. The number of hydrogen-bond donors (Lipinski definition) is 2. The third-order valence-corrected chi connectivity index (χ3v) is 3.92. The van der Waals surface area contributed by atoms with Crippen molar-refractivity contribution in [1.29, 1.82) is 0 Å². The summed E-state index contributed by atoms with van der Waals surface area (Å²) >= 11 is 0. The molecule has 0 bridgehead atoms. The summed E-state index contributed by atoms with van der Waals surface area (Å²) in [6, 6.07) is 14.5. The first-order valence-corrected chi connectivity index (χ1v) is 8.90. The first-order valence-electron chi connectivity index (χ1n) is 8.90. The van der Waals surface area contributed by atoms with Crippen molar-refractivity contribution in [2.45, 2.75) is 32.2 Å². The molecule has 1 atom stereocenters. The van der Waals surface area contributed by atoms with Crippen molar-refractivity contribution in [2.75, 3.05) is 26.8 Å². The van der Waals surface area contributed by atoms with Crippen molar-refractivity contribution in [3.63, 3.8) is 0 Å². The number of ether oxygens (including phenoxy) is 1. The van der Waals surface area contributed by atoms with Gasteiger partial charge in [-0.15, -0.1) is 0 Å². The maximum absolute atomic E-state index is 5.38. The lowest BCUT2D eigenvalue weighted by molar-refractivity contribution is 0.193. The Labute approximate surface area is 150 Å². The minimum Gasteiger partial charge on any atom is -0.469 e. The molecule has 0 aliphatic rings. The summed E-state index contributed by atoms with van der Waals surface area (Å²) in [7, 11) is 1.73. The second kappa shape index (κ2) is 11.3. The van der Waals surface area contributed by atoms with Crippen LogP contribution in [0.2, 0.25) is 0 Å². The van der Waals surface area contributed by atoms with Crippen LogP contribution in [0.4, 0.5) is 0 Å². The molecule has 136 valence electrons. The monoisotopic (exact) mass is 343 g/mol. The Hall–Kier alpha value is -2.27. The minimum absolute atomic E-state index is 0.190. The van der Waals surface area contributed by atoms with Gasteiger partial charge in [-0.3, -0.25) is 4.99 Å². The second-order valence-electron chi connectivity index (χ2n) is 5.96. The van der Waals surface area contributed by atoms with E-state index in [1.54, 1.807) is 13.4 Å². The Morgan fingerprint density at radius 3 is 2.72 bits per heavy atom. The maximum Gasteiger partial charge on any atom is 0.191 e. The van der Waals surface area contributed by atoms with E-state index in [1.165, 1.54) is 5.56 Å². The molecule has 2 aromatic rings. The van der Waals surface area contributed by atoms with Gasteiger partial charge in [0.1, 0.15) is 5.76 Å². The highest BCUT2D eigenvalue weighted by Crippen LogP contribution is 2.10.